The first kappa shape index (κ1) is 55.1. The zero-order valence-corrected chi connectivity index (χ0v) is 47.7. The fourth-order valence-electron chi connectivity index (χ4n) is 8.50. The van der Waals surface area contributed by atoms with Crippen LogP contribution in [0, 0.1) is 13.8 Å². The molecular formula is C59H57Cl2N5O3P2PdS2. The largest absolute Gasteiger partial charge is 0.0622 e. The van der Waals surface area contributed by atoms with Gasteiger partial charge in [-0.15, -0.1) is 11.3 Å². The van der Waals surface area contributed by atoms with E-state index in [0.29, 0.717) is 49.8 Å². The summed E-state index contributed by atoms with van der Waals surface area (Å²) in [5.41, 5.74) is 8.59. The predicted octanol–water partition coefficient (Wildman–Crippen LogP) is 11.8. The zero-order valence-electron chi connectivity index (χ0n) is 41.2. The average Bonchev–Trinajstić information content (AvgIpc) is 4.20. The van der Waals surface area contributed by atoms with E-state index < -0.39 is 30.4 Å². The van der Waals surface area contributed by atoms with Gasteiger partial charge >= 0.3 is 35.0 Å². The first-order chi connectivity index (χ1) is 36.0. The minimum Gasteiger partial charge on any atom is -0.0622 e. The quantitative estimate of drug-likeness (QED) is 0.0774. The fraction of sp³-hybridized carbons (Fsp3) is 0.169. The van der Waals surface area contributed by atoms with Crippen molar-refractivity contribution in [3.05, 3.63) is 229 Å². The molecule has 0 spiro atoms. The van der Waals surface area contributed by atoms with Crippen molar-refractivity contribution < 1.29 is 29.1 Å². The third kappa shape index (κ3) is 13.6. The Morgan fingerprint density at radius 1 is 0.622 bits per heavy atom. The van der Waals surface area contributed by atoms with Crippen LogP contribution in [0.1, 0.15) is 36.0 Å². The van der Waals surface area contributed by atoms with Gasteiger partial charge in [0.15, 0.2) is 5.82 Å². The van der Waals surface area contributed by atoms with Crippen molar-refractivity contribution in [2.45, 2.75) is 48.7 Å². The van der Waals surface area contributed by atoms with Gasteiger partial charge < -0.3 is 15.4 Å². The van der Waals surface area contributed by atoms with Crippen molar-refractivity contribution in [1.82, 2.24) is 15.0 Å². The van der Waals surface area contributed by atoms with E-state index in [-0.39, 0.29) is 26.3 Å². The number of aryl methyl sites for hydroxylation is 2. The topological polar surface area (TPSA) is 111 Å². The summed E-state index contributed by atoms with van der Waals surface area (Å²) in [5.74, 6) is 1.21. The summed E-state index contributed by atoms with van der Waals surface area (Å²) in [6.45, 7) is 7.69. The van der Waals surface area contributed by atoms with Crippen LogP contribution in [0.3, 0.4) is 0 Å². The Hall–Kier alpha value is -5.14. The number of sulfone groups is 1. The number of nitrogen functional groups attached to an aromatic ring is 1. The van der Waals surface area contributed by atoms with E-state index in [1.807, 2.05) is 32.0 Å². The van der Waals surface area contributed by atoms with E-state index in [9.17, 15) is 8.42 Å². The van der Waals surface area contributed by atoms with Crippen molar-refractivity contribution >= 4 is 99.4 Å². The Morgan fingerprint density at radius 2 is 1.01 bits per heavy atom. The van der Waals surface area contributed by atoms with E-state index in [1.165, 1.54) is 43.2 Å². The Labute approximate surface area is 459 Å². The molecular weight excluding hydrogens is 1130 g/mol. The Morgan fingerprint density at radius 3 is 1.35 bits per heavy atom. The number of hydrogen-bond acceptors (Lipinski definition) is 9. The minimum absolute atomic E-state index is 0.106. The number of halogens is 2. The van der Waals surface area contributed by atoms with Crippen LogP contribution < -0.4 is 42.5 Å². The van der Waals surface area contributed by atoms with Crippen molar-refractivity contribution in [3.63, 3.8) is 0 Å². The number of anilines is 2. The molecule has 8 nitrogen and oxygen atoms in total. The number of morpholine rings is 1. The average molecular weight is 1190 g/mol. The summed E-state index contributed by atoms with van der Waals surface area (Å²) >= 11 is 1.13. The molecule has 382 valence electrons. The molecule has 1 aliphatic heterocycles. The summed E-state index contributed by atoms with van der Waals surface area (Å²) in [4.78, 5) is 17.1. The summed E-state index contributed by atoms with van der Waals surface area (Å²) < 4.78 is 32.2. The first-order valence-corrected chi connectivity index (χ1v) is 33.0. The fourth-order valence-corrected chi connectivity index (χ4v) is 16.7. The minimum atomic E-state index is -3.69. The second-order valence-corrected chi connectivity index (χ2v) is 28.0. The van der Waals surface area contributed by atoms with Crippen LogP contribution in [-0.2, 0) is 35.3 Å². The van der Waals surface area contributed by atoms with Crippen molar-refractivity contribution in [2.24, 2.45) is 0 Å². The van der Waals surface area contributed by atoms with Gasteiger partial charge in [-0.05, 0) is 106 Å². The molecule has 3 heterocycles. The molecule has 7 aromatic carbocycles. The van der Waals surface area contributed by atoms with E-state index in [1.54, 1.807) is 12.1 Å². The molecule has 2 N–H and O–H groups in total. The zero-order chi connectivity index (χ0) is 51.9. The summed E-state index contributed by atoms with van der Waals surface area (Å²) in [5, 5.41) is 8.39. The molecule has 0 amide bonds. The number of nitrogens with two attached hydrogens (primary N) is 1. The third-order valence-electron chi connectivity index (χ3n) is 12.6. The Bertz CT molecular complexity index is 2940. The molecule has 2 aromatic heterocycles. The number of hydrogen-bond donors (Lipinski definition) is 1. The molecule has 1 saturated heterocycles. The molecule has 9 aromatic rings. The maximum Gasteiger partial charge on any atom is -0.0134 e. The smallest absolute Gasteiger partial charge is 0.0134 e. The van der Waals surface area contributed by atoms with Gasteiger partial charge in [0.25, 0.3) is 0 Å². The molecule has 0 unspecified atom stereocenters. The molecule has 2 aliphatic rings. The maximum atomic E-state index is 13.8. The molecule has 74 heavy (non-hydrogen) atoms. The molecule has 1 atom stereocenters. The summed E-state index contributed by atoms with van der Waals surface area (Å²) in [6, 6.07) is 73.9. The third-order valence-corrected chi connectivity index (χ3v) is 21.4. The molecule has 11 rings (SSSR count). The van der Waals surface area contributed by atoms with Crippen LogP contribution in [0.25, 0.3) is 11.4 Å². The SMILES string of the molecule is Cc1nc(S(=O)(=O)C2(c3cc(N4CCOC[C@@H]4C)nc(-c4ccc(N)cc4)n3)CC2)sc1C.[Cl][Pd][Cl].c1ccc(P(c2ccccc2)c2ccccc2)cc1.c1ccc(P(c2ccccc2)c2ccccc2)cc1. The number of aromatic nitrogens is 3. The van der Waals surface area contributed by atoms with E-state index in [0.717, 1.165) is 22.0 Å². The molecule has 0 bridgehead atoms. The summed E-state index contributed by atoms with van der Waals surface area (Å²) in [6.07, 6.45) is 1.03. The first-order valence-electron chi connectivity index (χ1n) is 24.0. The van der Waals surface area contributed by atoms with Gasteiger partial charge in [0.05, 0.1) is 30.6 Å². The van der Waals surface area contributed by atoms with Gasteiger partial charge in [0, 0.05) is 28.7 Å². The van der Waals surface area contributed by atoms with Gasteiger partial charge in [-0.3, -0.25) is 0 Å². The molecule has 1 saturated carbocycles. The van der Waals surface area contributed by atoms with Gasteiger partial charge in [-0.2, -0.15) is 0 Å². The van der Waals surface area contributed by atoms with Crippen LogP contribution in [0.5, 0.6) is 0 Å². The number of thiazole rings is 1. The number of rotatable bonds is 11. The van der Waals surface area contributed by atoms with Gasteiger partial charge in [0.2, 0.25) is 14.2 Å². The monoisotopic (exact) mass is 1190 g/mol. The Balaban J connectivity index is 0.000000152. The van der Waals surface area contributed by atoms with Crippen molar-refractivity contribution in [2.75, 3.05) is 30.4 Å². The molecule has 15 heteroatoms. The van der Waals surface area contributed by atoms with Crippen LogP contribution in [0.4, 0.5) is 11.5 Å². The Kier molecular flexibility index (Phi) is 19.8. The molecule has 1 aliphatic carbocycles. The van der Waals surface area contributed by atoms with Crippen LogP contribution >= 0.6 is 46.2 Å². The van der Waals surface area contributed by atoms with Crippen molar-refractivity contribution in [1.29, 1.82) is 0 Å². The van der Waals surface area contributed by atoms with Gasteiger partial charge in [-0.1, -0.05) is 182 Å². The molecule has 0 radical (unpaired) electrons. The van der Waals surface area contributed by atoms with Crippen LogP contribution in [-0.4, -0.2) is 49.2 Å². The number of benzene rings is 7. The predicted molar refractivity (Wildman–Crippen MR) is 311 cm³/mol. The van der Waals surface area contributed by atoms with E-state index in [4.69, 9.17) is 39.5 Å². The van der Waals surface area contributed by atoms with E-state index in [2.05, 4.69) is 199 Å². The van der Waals surface area contributed by atoms with Gasteiger partial charge in [-0.25, -0.2) is 23.4 Å². The van der Waals surface area contributed by atoms with Crippen molar-refractivity contribution in [3.8, 4) is 11.4 Å². The van der Waals surface area contributed by atoms with E-state index >= 15 is 0 Å². The second kappa shape index (κ2) is 26.6. The second-order valence-electron chi connectivity index (χ2n) is 17.5. The maximum absolute atomic E-state index is 13.8. The van der Waals surface area contributed by atoms with Crippen LogP contribution in [0.15, 0.2) is 217 Å². The molecule has 2 fully saturated rings. The normalized spacial score (nSPS) is 14.7. The van der Waals surface area contributed by atoms with Crippen LogP contribution in [0.2, 0.25) is 0 Å². The number of nitrogens with zero attached hydrogens (tertiary/aromatic N) is 4. The standard InChI is InChI=1S/C23H27N5O3S2.2C18H15P.2ClH.Pd/c1-14-13-31-11-10-28(14)20-12-19(26-21(27-20)17-4-6-18(24)7-5-17)23(8-9-23)33(29,30)22-25-15(2)16(3)32-22;2*1-4-10-16(11-5-1)19(17-12-6-2-7-13-17)18-14-8-3-9-15-18;;;/h4-7,12,14H,8-11,13,24H2,1-3H3;2*1-15H;2*1H;/q;;;;;+2/p-2/t14-;;;;;/m0...../s1. The summed E-state index contributed by atoms with van der Waals surface area (Å²) in [7, 11) is 5.04. The van der Waals surface area contributed by atoms with Gasteiger partial charge in [0.1, 0.15) is 10.6 Å². The number of ether oxygens (including phenoxy) is 1.